The normalized spacial score (nSPS) is 20.6. The van der Waals surface area contributed by atoms with Crippen molar-refractivity contribution in [3.05, 3.63) is 28.2 Å². The molecule has 0 radical (unpaired) electrons. The van der Waals surface area contributed by atoms with E-state index in [1.54, 1.807) is 13.2 Å². The van der Waals surface area contributed by atoms with Crippen molar-refractivity contribution >= 4 is 21.7 Å². The molecule has 92 valence electrons. The quantitative estimate of drug-likeness (QED) is 0.860. The van der Waals surface area contributed by atoms with Gasteiger partial charge >= 0.3 is 0 Å². The summed E-state index contributed by atoms with van der Waals surface area (Å²) in [5.74, 6) is 1.02. The van der Waals surface area contributed by atoms with Crippen molar-refractivity contribution in [1.29, 1.82) is 0 Å². The first kappa shape index (κ1) is 12.6. The number of hydrogen-bond acceptors (Lipinski definition) is 3. The Morgan fingerprint density at radius 2 is 2.35 bits per heavy atom. The van der Waals surface area contributed by atoms with Crippen molar-refractivity contribution in [1.82, 2.24) is 0 Å². The van der Waals surface area contributed by atoms with Crippen LogP contribution in [-0.4, -0.2) is 25.6 Å². The Balaban J connectivity index is 2.22. The maximum absolute atomic E-state index is 12.0. The average molecular weight is 299 g/mol. The van der Waals surface area contributed by atoms with Crippen molar-refractivity contribution in [2.45, 2.75) is 19.4 Å². The number of methoxy groups -OCH3 is 1. The highest BCUT2D eigenvalue weighted by molar-refractivity contribution is 9.10. The molecule has 0 spiro atoms. The standard InChI is InChI=1S/C13H15BrO3/c1-8(7-16-2)12-6-11(15)10-4-3-9(14)5-13(10)17-12/h3-5,8,12H,6-7H2,1-2H3. The van der Waals surface area contributed by atoms with E-state index < -0.39 is 0 Å². The van der Waals surface area contributed by atoms with E-state index in [-0.39, 0.29) is 17.8 Å². The fourth-order valence-corrected chi connectivity index (χ4v) is 2.35. The molecule has 0 N–H and O–H groups in total. The zero-order valence-corrected chi connectivity index (χ0v) is 11.5. The lowest BCUT2D eigenvalue weighted by Crippen LogP contribution is -2.34. The van der Waals surface area contributed by atoms with Crippen LogP contribution in [0.3, 0.4) is 0 Å². The second kappa shape index (κ2) is 5.19. The van der Waals surface area contributed by atoms with Crippen LogP contribution in [0.1, 0.15) is 23.7 Å². The summed E-state index contributed by atoms with van der Waals surface area (Å²) in [7, 11) is 1.66. The van der Waals surface area contributed by atoms with Gasteiger partial charge in [-0.05, 0) is 18.2 Å². The number of benzene rings is 1. The van der Waals surface area contributed by atoms with Gasteiger partial charge in [-0.15, -0.1) is 0 Å². The zero-order valence-electron chi connectivity index (χ0n) is 9.90. The monoisotopic (exact) mass is 298 g/mol. The number of rotatable bonds is 3. The predicted molar refractivity (Wildman–Crippen MR) is 68.5 cm³/mol. The zero-order chi connectivity index (χ0) is 12.4. The summed E-state index contributed by atoms with van der Waals surface area (Å²) in [6.07, 6.45) is 0.336. The molecule has 2 rings (SSSR count). The summed E-state index contributed by atoms with van der Waals surface area (Å²) in [6, 6.07) is 5.51. The van der Waals surface area contributed by atoms with Crippen molar-refractivity contribution < 1.29 is 14.3 Å². The maximum Gasteiger partial charge on any atom is 0.170 e. The van der Waals surface area contributed by atoms with E-state index in [0.29, 0.717) is 24.3 Å². The average Bonchev–Trinajstić information content (AvgIpc) is 2.28. The van der Waals surface area contributed by atoms with Crippen LogP contribution in [0.25, 0.3) is 0 Å². The highest BCUT2D eigenvalue weighted by Crippen LogP contribution is 2.32. The number of Topliss-reactive ketones (excluding diaryl/α,β-unsaturated/α-hetero) is 1. The van der Waals surface area contributed by atoms with Crippen LogP contribution >= 0.6 is 15.9 Å². The van der Waals surface area contributed by atoms with Crippen LogP contribution in [0.4, 0.5) is 0 Å². The molecule has 1 aromatic rings. The van der Waals surface area contributed by atoms with Crippen molar-refractivity contribution in [3.63, 3.8) is 0 Å². The molecule has 0 saturated carbocycles. The molecule has 1 aliphatic heterocycles. The van der Waals surface area contributed by atoms with Gasteiger partial charge in [0.05, 0.1) is 12.2 Å². The molecule has 0 aliphatic carbocycles. The van der Waals surface area contributed by atoms with E-state index in [4.69, 9.17) is 9.47 Å². The predicted octanol–water partition coefficient (Wildman–Crippen LogP) is 3.07. The Hall–Kier alpha value is -0.870. The van der Waals surface area contributed by atoms with E-state index in [0.717, 1.165) is 4.47 Å². The first-order valence-corrected chi connectivity index (χ1v) is 6.39. The summed E-state index contributed by atoms with van der Waals surface area (Å²) in [6.45, 7) is 2.63. The number of ketones is 1. The minimum atomic E-state index is -0.0933. The molecule has 0 fully saturated rings. The fraction of sp³-hybridized carbons (Fsp3) is 0.462. The summed E-state index contributed by atoms with van der Waals surface area (Å²) in [5.41, 5.74) is 0.675. The van der Waals surface area contributed by atoms with Crippen LogP contribution in [0.2, 0.25) is 0 Å². The molecule has 2 atom stereocenters. The summed E-state index contributed by atoms with van der Waals surface area (Å²) < 4.78 is 11.9. The van der Waals surface area contributed by atoms with E-state index in [1.165, 1.54) is 0 Å². The third-order valence-electron chi connectivity index (χ3n) is 2.97. The molecule has 3 nitrogen and oxygen atoms in total. The lowest BCUT2D eigenvalue weighted by molar-refractivity contribution is 0.0524. The molecule has 0 amide bonds. The molecule has 1 aromatic carbocycles. The van der Waals surface area contributed by atoms with Gasteiger partial charge in [-0.25, -0.2) is 0 Å². The van der Waals surface area contributed by atoms with Gasteiger partial charge in [-0.1, -0.05) is 22.9 Å². The lowest BCUT2D eigenvalue weighted by Gasteiger charge is -2.29. The van der Waals surface area contributed by atoms with Crippen LogP contribution < -0.4 is 4.74 Å². The minimum absolute atomic E-state index is 0.0933. The Kier molecular flexibility index (Phi) is 3.84. The highest BCUT2D eigenvalue weighted by Gasteiger charge is 2.30. The Labute approximate surface area is 109 Å². The molecule has 1 heterocycles. The second-order valence-corrected chi connectivity index (χ2v) is 5.27. The van der Waals surface area contributed by atoms with Crippen molar-refractivity contribution in [3.8, 4) is 5.75 Å². The van der Waals surface area contributed by atoms with Gasteiger partial charge in [0.25, 0.3) is 0 Å². The number of ether oxygens (including phenoxy) is 2. The maximum atomic E-state index is 12.0. The molecule has 0 saturated heterocycles. The first-order valence-electron chi connectivity index (χ1n) is 5.60. The SMILES string of the molecule is COCC(C)C1CC(=O)c2ccc(Br)cc2O1. The third-order valence-corrected chi connectivity index (χ3v) is 3.47. The van der Waals surface area contributed by atoms with Gasteiger partial charge in [0.1, 0.15) is 11.9 Å². The lowest BCUT2D eigenvalue weighted by atomic mass is 9.94. The summed E-state index contributed by atoms with van der Waals surface area (Å²) >= 11 is 3.38. The third kappa shape index (κ3) is 2.69. The first-order chi connectivity index (χ1) is 8.11. The van der Waals surface area contributed by atoms with E-state index in [9.17, 15) is 4.79 Å². The largest absolute Gasteiger partial charge is 0.489 e. The molecular weight excluding hydrogens is 284 g/mol. The van der Waals surface area contributed by atoms with Gasteiger partial charge in [0.2, 0.25) is 0 Å². The summed E-state index contributed by atoms with van der Waals surface area (Å²) in [5, 5.41) is 0. The molecule has 17 heavy (non-hydrogen) atoms. The van der Waals surface area contributed by atoms with Gasteiger partial charge < -0.3 is 9.47 Å². The fourth-order valence-electron chi connectivity index (χ4n) is 2.01. The Morgan fingerprint density at radius 1 is 1.59 bits per heavy atom. The van der Waals surface area contributed by atoms with Crippen molar-refractivity contribution in [2.75, 3.05) is 13.7 Å². The van der Waals surface area contributed by atoms with Crippen LogP contribution in [-0.2, 0) is 4.74 Å². The number of fused-ring (bicyclic) bond motifs is 1. The molecule has 2 unspecified atom stereocenters. The van der Waals surface area contributed by atoms with Gasteiger partial charge in [-0.3, -0.25) is 4.79 Å². The van der Waals surface area contributed by atoms with E-state index in [2.05, 4.69) is 15.9 Å². The van der Waals surface area contributed by atoms with Crippen LogP contribution in [0.15, 0.2) is 22.7 Å². The molecular formula is C13H15BrO3. The number of hydrogen-bond donors (Lipinski definition) is 0. The van der Waals surface area contributed by atoms with Gasteiger partial charge in [-0.2, -0.15) is 0 Å². The smallest absolute Gasteiger partial charge is 0.170 e. The number of carbonyl (C=O) groups excluding carboxylic acids is 1. The molecule has 0 aromatic heterocycles. The number of carbonyl (C=O) groups is 1. The molecule has 4 heteroatoms. The second-order valence-electron chi connectivity index (χ2n) is 4.36. The number of halogens is 1. The Bertz CT molecular complexity index is 431. The molecule has 0 bridgehead atoms. The van der Waals surface area contributed by atoms with E-state index >= 15 is 0 Å². The van der Waals surface area contributed by atoms with Crippen molar-refractivity contribution in [2.24, 2.45) is 5.92 Å². The van der Waals surface area contributed by atoms with Gasteiger partial charge in [0.15, 0.2) is 5.78 Å². The van der Waals surface area contributed by atoms with Crippen LogP contribution in [0, 0.1) is 5.92 Å². The minimum Gasteiger partial charge on any atom is -0.489 e. The topological polar surface area (TPSA) is 35.5 Å². The van der Waals surface area contributed by atoms with Gasteiger partial charge in [0, 0.05) is 23.9 Å². The Morgan fingerprint density at radius 3 is 3.06 bits per heavy atom. The highest BCUT2D eigenvalue weighted by atomic mass is 79.9. The summed E-state index contributed by atoms with van der Waals surface area (Å²) in [4.78, 5) is 12.0. The molecule has 1 aliphatic rings. The van der Waals surface area contributed by atoms with Crippen LogP contribution in [0.5, 0.6) is 5.75 Å². The van der Waals surface area contributed by atoms with E-state index in [1.807, 2.05) is 19.1 Å².